The fourth-order valence-electron chi connectivity index (χ4n) is 3.69. The summed E-state index contributed by atoms with van der Waals surface area (Å²) in [6.07, 6.45) is 0.941. The molecule has 0 amide bonds. The first-order valence-corrected chi connectivity index (χ1v) is 9.21. The zero-order valence-electron chi connectivity index (χ0n) is 15.6. The Morgan fingerprint density at radius 2 is 1.81 bits per heavy atom. The summed E-state index contributed by atoms with van der Waals surface area (Å²) in [5.74, 6) is 0.778. The maximum absolute atomic E-state index is 11.0. The molecule has 2 unspecified atom stereocenters. The minimum absolute atomic E-state index is 0.319. The summed E-state index contributed by atoms with van der Waals surface area (Å²) in [6.45, 7) is 2.05. The topological polar surface area (TPSA) is 67.5 Å². The maximum atomic E-state index is 11.0. The highest BCUT2D eigenvalue weighted by Crippen LogP contribution is 2.40. The monoisotopic (exact) mass is 364 g/mol. The summed E-state index contributed by atoms with van der Waals surface area (Å²) in [6, 6.07) is 17.9. The first kappa shape index (κ1) is 17.8. The van der Waals surface area contributed by atoms with Crippen molar-refractivity contribution in [3.8, 4) is 22.7 Å². The molecule has 4 rings (SSSR count). The van der Waals surface area contributed by atoms with Gasteiger partial charge in [-0.25, -0.2) is 4.68 Å². The molecule has 5 heteroatoms. The largest absolute Gasteiger partial charge is 0.497 e. The number of aromatic nitrogens is 2. The highest BCUT2D eigenvalue weighted by Gasteiger charge is 2.40. The predicted octanol–water partition coefficient (Wildman–Crippen LogP) is 3.59. The van der Waals surface area contributed by atoms with Gasteiger partial charge in [-0.3, -0.25) is 0 Å². The molecule has 5 nitrogen and oxygen atoms in total. The lowest BCUT2D eigenvalue weighted by Crippen LogP contribution is -2.23. The summed E-state index contributed by atoms with van der Waals surface area (Å²) < 4.78 is 7.10. The Morgan fingerprint density at radius 3 is 2.41 bits per heavy atom. The second-order valence-electron chi connectivity index (χ2n) is 7.32. The summed E-state index contributed by atoms with van der Waals surface area (Å²) in [5.41, 5.74) is 3.52. The van der Waals surface area contributed by atoms with E-state index in [9.17, 15) is 10.2 Å². The number of benzene rings is 2. The molecule has 3 aromatic rings. The number of methoxy groups -OCH3 is 1. The van der Waals surface area contributed by atoms with Gasteiger partial charge in [0.2, 0.25) is 0 Å². The van der Waals surface area contributed by atoms with Gasteiger partial charge < -0.3 is 14.9 Å². The van der Waals surface area contributed by atoms with Gasteiger partial charge in [-0.1, -0.05) is 29.8 Å². The molecule has 2 aromatic carbocycles. The van der Waals surface area contributed by atoms with E-state index in [2.05, 4.69) is 31.2 Å². The normalized spacial score (nSPS) is 22.1. The Morgan fingerprint density at radius 1 is 1.11 bits per heavy atom. The van der Waals surface area contributed by atoms with Crippen LogP contribution in [-0.2, 0) is 5.60 Å². The van der Waals surface area contributed by atoms with Crippen molar-refractivity contribution in [3.05, 3.63) is 65.9 Å². The fraction of sp³-hybridized carbons (Fsp3) is 0.318. The van der Waals surface area contributed by atoms with Gasteiger partial charge in [0.05, 0.1) is 30.3 Å². The van der Waals surface area contributed by atoms with Crippen LogP contribution < -0.4 is 4.74 Å². The van der Waals surface area contributed by atoms with E-state index in [1.165, 1.54) is 5.56 Å². The fourth-order valence-corrected chi connectivity index (χ4v) is 3.69. The van der Waals surface area contributed by atoms with Gasteiger partial charge in [-0.15, -0.1) is 0 Å². The molecule has 27 heavy (non-hydrogen) atoms. The van der Waals surface area contributed by atoms with Crippen LogP contribution in [0.1, 0.15) is 30.5 Å². The van der Waals surface area contributed by atoms with Crippen molar-refractivity contribution in [2.75, 3.05) is 7.11 Å². The standard InChI is InChI=1S/C22H24N2O3/c1-15-3-5-16(6-4-15)20-13-21(22(26)12-11-18(25)14-22)23-24(20)17-7-9-19(27-2)10-8-17/h3-10,13,18,25-26H,11-12,14H2,1-2H3. The van der Waals surface area contributed by atoms with Crippen LogP contribution in [0.5, 0.6) is 5.75 Å². The number of hydrogen-bond donors (Lipinski definition) is 2. The molecule has 1 fully saturated rings. The molecule has 1 aliphatic rings. The number of ether oxygens (including phenoxy) is 1. The first-order valence-electron chi connectivity index (χ1n) is 9.21. The van der Waals surface area contributed by atoms with Gasteiger partial charge in [0, 0.05) is 12.0 Å². The molecule has 1 saturated carbocycles. The molecule has 2 atom stereocenters. The van der Waals surface area contributed by atoms with Gasteiger partial charge in [0.25, 0.3) is 0 Å². The van der Waals surface area contributed by atoms with E-state index in [4.69, 9.17) is 9.84 Å². The number of aliphatic hydroxyl groups is 2. The lowest BCUT2D eigenvalue weighted by atomic mass is 9.97. The summed E-state index contributed by atoms with van der Waals surface area (Å²) in [4.78, 5) is 0. The molecular formula is C22H24N2O3. The quantitative estimate of drug-likeness (QED) is 0.742. The minimum atomic E-state index is -1.09. The average molecular weight is 364 g/mol. The second kappa shape index (κ2) is 6.83. The van der Waals surface area contributed by atoms with Gasteiger partial charge in [-0.05, 0) is 50.1 Å². The van der Waals surface area contributed by atoms with Gasteiger partial charge in [0.1, 0.15) is 11.4 Å². The Labute approximate surface area is 158 Å². The number of aliphatic hydroxyl groups excluding tert-OH is 1. The third kappa shape index (κ3) is 3.36. The van der Waals surface area contributed by atoms with E-state index < -0.39 is 11.7 Å². The number of rotatable bonds is 4. The van der Waals surface area contributed by atoms with Crippen LogP contribution in [0.2, 0.25) is 0 Å². The zero-order valence-corrected chi connectivity index (χ0v) is 15.6. The van der Waals surface area contributed by atoms with Crippen molar-refractivity contribution in [2.45, 2.75) is 37.9 Å². The molecular weight excluding hydrogens is 340 g/mol. The molecule has 0 bridgehead atoms. The van der Waals surface area contributed by atoms with Crippen molar-refractivity contribution in [1.29, 1.82) is 0 Å². The van der Waals surface area contributed by atoms with Gasteiger partial charge >= 0.3 is 0 Å². The minimum Gasteiger partial charge on any atom is -0.497 e. The van der Waals surface area contributed by atoms with E-state index in [0.29, 0.717) is 25.0 Å². The number of nitrogens with zero attached hydrogens (tertiary/aromatic N) is 2. The molecule has 0 radical (unpaired) electrons. The highest BCUT2D eigenvalue weighted by molar-refractivity contribution is 5.63. The third-order valence-electron chi connectivity index (χ3n) is 5.31. The molecule has 140 valence electrons. The Balaban J connectivity index is 1.83. The van der Waals surface area contributed by atoms with Crippen LogP contribution in [-0.4, -0.2) is 33.2 Å². The number of hydrogen-bond acceptors (Lipinski definition) is 4. The Kier molecular flexibility index (Phi) is 4.50. The van der Waals surface area contributed by atoms with E-state index in [-0.39, 0.29) is 0 Å². The zero-order chi connectivity index (χ0) is 19.0. The molecule has 0 aliphatic heterocycles. The Bertz CT molecular complexity index is 931. The summed E-state index contributed by atoms with van der Waals surface area (Å²) >= 11 is 0. The Hall–Kier alpha value is -2.63. The molecule has 1 aromatic heterocycles. The molecule has 1 heterocycles. The SMILES string of the molecule is COc1ccc(-n2nc(C3(O)CCC(O)C3)cc2-c2ccc(C)cc2)cc1. The maximum Gasteiger partial charge on any atom is 0.119 e. The third-order valence-corrected chi connectivity index (χ3v) is 5.31. The average Bonchev–Trinajstić information content (AvgIpc) is 3.27. The van der Waals surface area contributed by atoms with Crippen molar-refractivity contribution in [3.63, 3.8) is 0 Å². The van der Waals surface area contributed by atoms with Gasteiger partial charge in [0.15, 0.2) is 0 Å². The van der Waals surface area contributed by atoms with Crippen LogP contribution in [0.25, 0.3) is 16.9 Å². The van der Waals surface area contributed by atoms with E-state index in [1.807, 2.05) is 35.0 Å². The number of aryl methyl sites for hydroxylation is 1. The molecule has 0 saturated heterocycles. The van der Waals surface area contributed by atoms with E-state index in [1.54, 1.807) is 7.11 Å². The van der Waals surface area contributed by atoms with Crippen LogP contribution in [0, 0.1) is 6.92 Å². The van der Waals surface area contributed by atoms with E-state index in [0.717, 1.165) is 22.7 Å². The van der Waals surface area contributed by atoms with Crippen molar-refractivity contribution < 1.29 is 14.9 Å². The summed E-state index contributed by atoms with van der Waals surface area (Å²) in [5, 5.41) is 25.7. The predicted molar refractivity (Wildman–Crippen MR) is 104 cm³/mol. The van der Waals surface area contributed by atoms with Crippen LogP contribution in [0.4, 0.5) is 0 Å². The van der Waals surface area contributed by atoms with Crippen LogP contribution in [0.3, 0.4) is 0 Å². The van der Waals surface area contributed by atoms with Crippen LogP contribution in [0.15, 0.2) is 54.6 Å². The van der Waals surface area contributed by atoms with Crippen LogP contribution >= 0.6 is 0 Å². The lowest BCUT2D eigenvalue weighted by molar-refractivity contribution is 0.0246. The van der Waals surface area contributed by atoms with Crippen molar-refractivity contribution in [2.24, 2.45) is 0 Å². The van der Waals surface area contributed by atoms with E-state index >= 15 is 0 Å². The van der Waals surface area contributed by atoms with Crippen molar-refractivity contribution >= 4 is 0 Å². The molecule has 0 spiro atoms. The second-order valence-corrected chi connectivity index (χ2v) is 7.32. The molecule has 1 aliphatic carbocycles. The van der Waals surface area contributed by atoms with Gasteiger partial charge in [-0.2, -0.15) is 5.10 Å². The summed E-state index contributed by atoms with van der Waals surface area (Å²) in [7, 11) is 1.64. The first-order chi connectivity index (χ1) is 13.0. The lowest BCUT2D eigenvalue weighted by Gasteiger charge is -2.19. The molecule has 2 N–H and O–H groups in total. The van der Waals surface area contributed by atoms with Crippen molar-refractivity contribution in [1.82, 2.24) is 9.78 Å². The highest BCUT2D eigenvalue weighted by atomic mass is 16.5. The smallest absolute Gasteiger partial charge is 0.119 e.